The predicted octanol–water partition coefficient (Wildman–Crippen LogP) is 3.87. The number of carbonyl (C=O) groups excluding carboxylic acids is 1. The Kier molecular flexibility index (Phi) is 3.50. The van der Waals surface area contributed by atoms with Crippen molar-refractivity contribution in [3.05, 3.63) is 47.3 Å². The Bertz CT molecular complexity index is 479. The highest BCUT2D eigenvalue weighted by atomic mass is 19.1. The Labute approximate surface area is 106 Å². The number of cyclic esters (lactones) is 1. The molecule has 1 aromatic carbocycles. The highest BCUT2D eigenvalue weighted by Crippen LogP contribution is 2.45. The van der Waals surface area contributed by atoms with E-state index >= 15 is 0 Å². The Hall–Kier alpha value is -1.64. The van der Waals surface area contributed by atoms with Gasteiger partial charge in [0.2, 0.25) is 0 Å². The first-order valence-corrected chi connectivity index (χ1v) is 6.33. The number of rotatable bonds is 4. The van der Waals surface area contributed by atoms with Crippen molar-refractivity contribution in [1.29, 1.82) is 0 Å². The van der Waals surface area contributed by atoms with Gasteiger partial charge in [0.25, 0.3) is 0 Å². The molecule has 0 amide bonds. The zero-order valence-electron chi connectivity index (χ0n) is 10.7. The molecular formula is C15H17FO2. The van der Waals surface area contributed by atoms with Crippen LogP contribution in [0.3, 0.4) is 0 Å². The van der Waals surface area contributed by atoms with Crippen molar-refractivity contribution in [2.24, 2.45) is 0 Å². The first kappa shape index (κ1) is 12.8. The predicted molar refractivity (Wildman–Crippen MR) is 67.5 cm³/mol. The third-order valence-corrected chi connectivity index (χ3v) is 3.37. The van der Waals surface area contributed by atoms with Crippen LogP contribution in [0.5, 0.6) is 0 Å². The number of esters is 1. The smallest absolute Gasteiger partial charge is 0.338 e. The van der Waals surface area contributed by atoms with Crippen LogP contribution in [0.2, 0.25) is 0 Å². The van der Waals surface area contributed by atoms with E-state index in [1.165, 1.54) is 0 Å². The number of hydrogen-bond donors (Lipinski definition) is 0. The lowest BCUT2D eigenvalue weighted by Gasteiger charge is -2.26. The van der Waals surface area contributed by atoms with E-state index in [0.29, 0.717) is 18.4 Å². The van der Waals surface area contributed by atoms with E-state index in [1.54, 1.807) is 12.1 Å². The lowest BCUT2D eigenvalue weighted by molar-refractivity contribution is -0.149. The van der Waals surface area contributed by atoms with Gasteiger partial charge in [-0.2, -0.15) is 0 Å². The lowest BCUT2D eigenvalue weighted by atomic mass is 9.89. The average Bonchev–Trinajstić information content (AvgIpc) is 2.65. The number of hydrogen-bond acceptors (Lipinski definition) is 2. The van der Waals surface area contributed by atoms with Gasteiger partial charge in [0.1, 0.15) is 0 Å². The number of ether oxygens (including phenoxy) is 1. The molecule has 2 rings (SSSR count). The monoisotopic (exact) mass is 248 g/mol. The Morgan fingerprint density at radius 1 is 1.22 bits per heavy atom. The van der Waals surface area contributed by atoms with Gasteiger partial charge < -0.3 is 4.74 Å². The Balaban J connectivity index is 2.50. The molecule has 0 N–H and O–H groups in total. The molecule has 0 radical (unpaired) electrons. The van der Waals surface area contributed by atoms with E-state index in [1.807, 2.05) is 32.0 Å². The molecule has 3 heteroatoms. The summed E-state index contributed by atoms with van der Waals surface area (Å²) in [7, 11) is 0. The third kappa shape index (κ3) is 1.84. The second-order valence-corrected chi connectivity index (χ2v) is 4.48. The van der Waals surface area contributed by atoms with Crippen LogP contribution in [0.25, 0.3) is 0 Å². The molecule has 96 valence electrons. The van der Waals surface area contributed by atoms with Gasteiger partial charge in [-0.15, -0.1) is 0 Å². The molecule has 18 heavy (non-hydrogen) atoms. The fraction of sp³-hybridized carbons (Fsp3) is 0.400. The van der Waals surface area contributed by atoms with Crippen LogP contribution in [0.4, 0.5) is 4.39 Å². The maximum atomic E-state index is 14.6. The van der Waals surface area contributed by atoms with Crippen LogP contribution < -0.4 is 0 Å². The molecule has 1 aliphatic heterocycles. The molecule has 1 unspecified atom stereocenters. The molecule has 0 saturated heterocycles. The summed E-state index contributed by atoms with van der Waals surface area (Å²) in [5.41, 5.74) is -0.310. The molecule has 1 aromatic rings. The van der Waals surface area contributed by atoms with Crippen LogP contribution in [-0.2, 0) is 15.1 Å². The van der Waals surface area contributed by atoms with E-state index in [2.05, 4.69) is 0 Å². The maximum absolute atomic E-state index is 14.6. The van der Waals surface area contributed by atoms with Crippen LogP contribution in [0, 0.1) is 0 Å². The quantitative estimate of drug-likeness (QED) is 0.756. The molecule has 2 nitrogen and oxygen atoms in total. The normalized spacial score (nSPS) is 23.4. The van der Waals surface area contributed by atoms with Crippen molar-refractivity contribution < 1.29 is 13.9 Å². The largest absolute Gasteiger partial charge is 0.443 e. The summed E-state index contributed by atoms with van der Waals surface area (Å²) in [6.45, 7) is 3.75. The van der Waals surface area contributed by atoms with Gasteiger partial charge in [0.05, 0.1) is 5.57 Å². The molecule has 0 fully saturated rings. The van der Waals surface area contributed by atoms with Crippen molar-refractivity contribution in [1.82, 2.24) is 0 Å². The molecule has 1 heterocycles. The second-order valence-electron chi connectivity index (χ2n) is 4.48. The SMILES string of the molecule is CCCC1=C(F)C(CC)(c2ccccc2)OC1=O. The Morgan fingerprint density at radius 2 is 1.89 bits per heavy atom. The molecule has 0 aromatic heterocycles. The Morgan fingerprint density at radius 3 is 2.44 bits per heavy atom. The average molecular weight is 248 g/mol. The lowest BCUT2D eigenvalue weighted by Crippen LogP contribution is -2.27. The number of carbonyl (C=O) groups is 1. The van der Waals surface area contributed by atoms with E-state index in [9.17, 15) is 9.18 Å². The zero-order valence-corrected chi connectivity index (χ0v) is 10.7. The molecule has 0 bridgehead atoms. The van der Waals surface area contributed by atoms with E-state index in [-0.39, 0.29) is 5.57 Å². The van der Waals surface area contributed by atoms with Crippen molar-refractivity contribution in [2.45, 2.75) is 38.7 Å². The van der Waals surface area contributed by atoms with Crippen molar-refractivity contribution in [3.8, 4) is 0 Å². The van der Waals surface area contributed by atoms with Crippen molar-refractivity contribution in [2.75, 3.05) is 0 Å². The first-order chi connectivity index (χ1) is 8.65. The summed E-state index contributed by atoms with van der Waals surface area (Å²) >= 11 is 0. The summed E-state index contributed by atoms with van der Waals surface area (Å²) in [6, 6.07) is 9.10. The zero-order chi connectivity index (χ0) is 13.2. The topological polar surface area (TPSA) is 26.3 Å². The summed E-state index contributed by atoms with van der Waals surface area (Å²) < 4.78 is 19.9. The number of benzene rings is 1. The van der Waals surface area contributed by atoms with Crippen molar-refractivity contribution in [3.63, 3.8) is 0 Å². The van der Waals surface area contributed by atoms with Gasteiger partial charge in [-0.05, 0) is 12.8 Å². The fourth-order valence-corrected chi connectivity index (χ4v) is 2.38. The van der Waals surface area contributed by atoms with Crippen molar-refractivity contribution >= 4 is 5.97 Å². The van der Waals surface area contributed by atoms with E-state index < -0.39 is 17.4 Å². The molecule has 0 spiro atoms. The van der Waals surface area contributed by atoms with Gasteiger partial charge in [-0.3, -0.25) is 0 Å². The molecule has 1 aliphatic rings. The fourth-order valence-electron chi connectivity index (χ4n) is 2.38. The number of halogens is 1. The van der Waals surface area contributed by atoms with Gasteiger partial charge in [-0.25, -0.2) is 9.18 Å². The van der Waals surface area contributed by atoms with Crippen LogP contribution in [0.1, 0.15) is 38.7 Å². The van der Waals surface area contributed by atoms with Crippen LogP contribution in [0.15, 0.2) is 41.7 Å². The standard InChI is InChI=1S/C15H17FO2/c1-3-8-12-13(16)15(4-2,18-14(12)17)11-9-6-5-7-10-11/h5-7,9-10H,3-4,8H2,1-2H3. The van der Waals surface area contributed by atoms with Gasteiger partial charge in [0, 0.05) is 5.56 Å². The molecule has 1 atom stereocenters. The first-order valence-electron chi connectivity index (χ1n) is 6.33. The minimum Gasteiger partial charge on any atom is -0.443 e. The van der Waals surface area contributed by atoms with Gasteiger partial charge >= 0.3 is 5.97 Å². The summed E-state index contributed by atoms with van der Waals surface area (Å²) in [5.74, 6) is -0.928. The molecule has 0 saturated carbocycles. The summed E-state index contributed by atoms with van der Waals surface area (Å²) in [6.07, 6.45) is 1.56. The second kappa shape index (κ2) is 4.92. The van der Waals surface area contributed by atoms with Crippen LogP contribution >= 0.6 is 0 Å². The van der Waals surface area contributed by atoms with Gasteiger partial charge in [-0.1, -0.05) is 50.6 Å². The molecular weight excluding hydrogens is 231 g/mol. The highest BCUT2D eigenvalue weighted by molar-refractivity contribution is 5.92. The molecule has 0 aliphatic carbocycles. The summed E-state index contributed by atoms with van der Waals surface area (Å²) in [4.78, 5) is 11.8. The van der Waals surface area contributed by atoms with Crippen LogP contribution in [-0.4, -0.2) is 5.97 Å². The third-order valence-electron chi connectivity index (χ3n) is 3.37. The van der Waals surface area contributed by atoms with E-state index in [0.717, 1.165) is 6.42 Å². The summed E-state index contributed by atoms with van der Waals surface area (Å²) in [5, 5.41) is 0. The minimum absolute atomic E-state index is 0.197. The minimum atomic E-state index is -1.21. The van der Waals surface area contributed by atoms with E-state index in [4.69, 9.17) is 4.74 Å². The highest BCUT2D eigenvalue weighted by Gasteiger charge is 2.48. The maximum Gasteiger partial charge on any atom is 0.338 e. The van der Waals surface area contributed by atoms with Gasteiger partial charge in [0.15, 0.2) is 11.4 Å².